The molecular weight excluding hydrogens is 322 g/mol. The Morgan fingerprint density at radius 1 is 1.33 bits per heavy atom. The van der Waals surface area contributed by atoms with Gasteiger partial charge in [-0.1, -0.05) is 12.1 Å². The number of aromatic nitrogens is 4. The molecule has 0 unspecified atom stereocenters. The first-order chi connectivity index (χ1) is 11.6. The summed E-state index contributed by atoms with van der Waals surface area (Å²) in [6.45, 7) is 2.52. The Hall–Kier alpha value is -2.41. The fourth-order valence-corrected chi connectivity index (χ4v) is 3.18. The van der Waals surface area contributed by atoms with Crippen molar-refractivity contribution in [2.45, 2.75) is 18.7 Å². The Balaban J connectivity index is 1.55. The molecular formula is C17H19N5OS. The highest BCUT2D eigenvalue weighted by Crippen LogP contribution is 2.27. The number of carbonyl (C=O) groups is 1. The number of rotatable bonds is 6. The number of benzene rings is 1. The van der Waals surface area contributed by atoms with Gasteiger partial charge in [-0.15, -0.1) is 11.8 Å². The predicted molar refractivity (Wildman–Crippen MR) is 95.5 cm³/mol. The summed E-state index contributed by atoms with van der Waals surface area (Å²) in [5, 5.41) is 0.117. The van der Waals surface area contributed by atoms with E-state index in [-0.39, 0.29) is 11.2 Å². The van der Waals surface area contributed by atoms with Crippen LogP contribution in [-0.2, 0) is 11.3 Å². The lowest BCUT2D eigenvalue weighted by atomic mass is 10.3. The van der Waals surface area contributed by atoms with Crippen LogP contribution in [0.15, 0.2) is 42.9 Å². The Morgan fingerprint density at radius 2 is 2.17 bits per heavy atom. The van der Waals surface area contributed by atoms with Gasteiger partial charge in [-0.25, -0.2) is 4.98 Å². The molecule has 0 fully saturated rings. The molecule has 0 saturated heterocycles. The second kappa shape index (κ2) is 7.44. The van der Waals surface area contributed by atoms with Gasteiger partial charge in [0.15, 0.2) is 0 Å². The van der Waals surface area contributed by atoms with Crippen LogP contribution in [0.4, 0.5) is 0 Å². The molecule has 124 valence electrons. The van der Waals surface area contributed by atoms with Gasteiger partial charge in [-0.2, -0.15) is 0 Å². The highest BCUT2D eigenvalue weighted by atomic mass is 32.2. The maximum absolute atomic E-state index is 12.3. The molecule has 0 radical (unpaired) electrons. The second-order valence-electron chi connectivity index (χ2n) is 5.54. The van der Waals surface area contributed by atoms with Crippen molar-refractivity contribution in [3.05, 3.63) is 54.4 Å². The number of fused-ring (bicyclic) bond motifs is 1. The molecule has 0 saturated carbocycles. The molecule has 1 N–H and O–H groups in total. The van der Waals surface area contributed by atoms with Crippen molar-refractivity contribution < 1.29 is 4.79 Å². The molecule has 6 nitrogen and oxygen atoms in total. The SMILES string of the molecule is C[C@H](SCC(=O)N(C)Cc1cnccn1)c1nc2ccccc2[nH]1. The molecule has 1 aromatic carbocycles. The highest BCUT2D eigenvalue weighted by molar-refractivity contribution is 8.00. The van der Waals surface area contributed by atoms with Crippen molar-refractivity contribution in [2.24, 2.45) is 0 Å². The van der Waals surface area contributed by atoms with Crippen LogP contribution in [0.2, 0.25) is 0 Å². The number of thioether (sulfide) groups is 1. The van der Waals surface area contributed by atoms with Crippen LogP contribution in [0.3, 0.4) is 0 Å². The lowest BCUT2D eigenvalue weighted by molar-refractivity contribution is -0.127. The molecule has 2 heterocycles. The van der Waals surface area contributed by atoms with Crippen LogP contribution in [-0.4, -0.2) is 43.5 Å². The largest absolute Gasteiger partial charge is 0.341 e. The first-order valence-electron chi connectivity index (χ1n) is 7.68. The lowest BCUT2D eigenvalue weighted by Gasteiger charge is -2.17. The van der Waals surface area contributed by atoms with E-state index < -0.39 is 0 Å². The number of carbonyl (C=O) groups excluding carboxylic acids is 1. The van der Waals surface area contributed by atoms with E-state index in [4.69, 9.17) is 0 Å². The summed E-state index contributed by atoms with van der Waals surface area (Å²) < 4.78 is 0. The molecule has 0 aliphatic carbocycles. The highest BCUT2D eigenvalue weighted by Gasteiger charge is 2.16. The molecule has 0 aliphatic heterocycles. The maximum Gasteiger partial charge on any atom is 0.232 e. The summed E-state index contributed by atoms with van der Waals surface area (Å²) in [6.07, 6.45) is 4.93. The summed E-state index contributed by atoms with van der Waals surface area (Å²) in [4.78, 5) is 30.1. The van der Waals surface area contributed by atoms with E-state index in [0.717, 1.165) is 22.6 Å². The van der Waals surface area contributed by atoms with Crippen molar-refractivity contribution >= 4 is 28.7 Å². The van der Waals surface area contributed by atoms with Crippen LogP contribution >= 0.6 is 11.8 Å². The number of hydrogen-bond acceptors (Lipinski definition) is 5. The van der Waals surface area contributed by atoms with Crippen LogP contribution in [0.1, 0.15) is 23.7 Å². The van der Waals surface area contributed by atoms with E-state index in [9.17, 15) is 4.79 Å². The van der Waals surface area contributed by atoms with Crippen molar-refractivity contribution in [2.75, 3.05) is 12.8 Å². The third kappa shape index (κ3) is 3.91. The van der Waals surface area contributed by atoms with Gasteiger partial charge in [0.2, 0.25) is 5.91 Å². The van der Waals surface area contributed by atoms with Crippen LogP contribution in [0.5, 0.6) is 0 Å². The van der Waals surface area contributed by atoms with Gasteiger partial charge < -0.3 is 9.88 Å². The average molecular weight is 341 g/mol. The van der Waals surface area contributed by atoms with Gasteiger partial charge in [0.25, 0.3) is 0 Å². The van der Waals surface area contributed by atoms with Crippen molar-refractivity contribution in [3.63, 3.8) is 0 Å². The Kier molecular flexibility index (Phi) is 5.10. The molecule has 0 aliphatic rings. The fraction of sp³-hybridized carbons (Fsp3) is 0.294. The molecule has 3 aromatic rings. The smallest absolute Gasteiger partial charge is 0.232 e. The summed E-state index contributed by atoms with van der Waals surface area (Å²) in [7, 11) is 1.78. The molecule has 3 rings (SSSR count). The van der Waals surface area contributed by atoms with Gasteiger partial charge in [-0.05, 0) is 19.1 Å². The lowest BCUT2D eigenvalue weighted by Crippen LogP contribution is -2.28. The van der Waals surface area contributed by atoms with Gasteiger partial charge in [-0.3, -0.25) is 14.8 Å². The van der Waals surface area contributed by atoms with E-state index >= 15 is 0 Å². The van der Waals surface area contributed by atoms with E-state index in [1.165, 1.54) is 0 Å². The third-order valence-electron chi connectivity index (χ3n) is 3.69. The van der Waals surface area contributed by atoms with E-state index in [0.29, 0.717) is 12.3 Å². The van der Waals surface area contributed by atoms with Crippen molar-refractivity contribution in [1.82, 2.24) is 24.8 Å². The Morgan fingerprint density at radius 3 is 2.92 bits per heavy atom. The van der Waals surface area contributed by atoms with E-state index in [1.807, 2.05) is 24.3 Å². The third-order valence-corrected chi connectivity index (χ3v) is 4.83. The topological polar surface area (TPSA) is 74.8 Å². The average Bonchev–Trinajstić information content (AvgIpc) is 3.04. The number of hydrogen-bond donors (Lipinski definition) is 1. The zero-order valence-corrected chi connectivity index (χ0v) is 14.5. The number of imidazole rings is 1. The molecule has 2 aromatic heterocycles. The Bertz CT molecular complexity index is 787. The fourth-order valence-electron chi connectivity index (χ4n) is 2.29. The molecule has 24 heavy (non-hydrogen) atoms. The van der Waals surface area contributed by atoms with E-state index in [2.05, 4.69) is 26.9 Å². The predicted octanol–water partition coefficient (Wildman–Crippen LogP) is 2.81. The number of nitrogens with one attached hydrogen (secondary N) is 1. The minimum absolute atomic E-state index is 0.0635. The molecule has 0 bridgehead atoms. The normalized spacial score (nSPS) is 12.2. The monoisotopic (exact) mass is 341 g/mol. The minimum atomic E-state index is 0.0635. The zero-order chi connectivity index (χ0) is 16.9. The summed E-state index contributed by atoms with van der Waals surface area (Å²) >= 11 is 1.57. The molecule has 1 atom stereocenters. The van der Waals surface area contributed by atoms with Crippen molar-refractivity contribution in [3.8, 4) is 0 Å². The van der Waals surface area contributed by atoms with Crippen LogP contribution in [0.25, 0.3) is 11.0 Å². The quantitative estimate of drug-likeness (QED) is 0.746. The molecule has 7 heteroatoms. The van der Waals surface area contributed by atoms with Gasteiger partial charge in [0.1, 0.15) is 5.82 Å². The van der Waals surface area contributed by atoms with Crippen LogP contribution < -0.4 is 0 Å². The van der Waals surface area contributed by atoms with Crippen molar-refractivity contribution in [1.29, 1.82) is 0 Å². The van der Waals surface area contributed by atoms with Gasteiger partial charge >= 0.3 is 0 Å². The molecule has 1 amide bonds. The van der Waals surface area contributed by atoms with Gasteiger partial charge in [0, 0.05) is 19.4 Å². The zero-order valence-electron chi connectivity index (χ0n) is 13.6. The number of H-pyrrole nitrogens is 1. The second-order valence-corrected chi connectivity index (χ2v) is 6.87. The first kappa shape index (κ1) is 16.4. The van der Waals surface area contributed by atoms with Crippen LogP contribution in [0, 0.1) is 0 Å². The number of aromatic amines is 1. The van der Waals surface area contributed by atoms with Gasteiger partial charge in [0.05, 0.1) is 40.5 Å². The molecule has 0 spiro atoms. The summed E-state index contributed by atoms with van der Waals surface area (Å²) in [5.41, 5.74) is 2.75. The van der Waals surface area contributed by atoms with E-state index in [1.54, 1.807) is 42.3 Å². The Labute approximate surface area is 144 Å². The summed E-state index contributed by atoms with van der Waals surface area (Å²) in [6, 6.07) is 7.93. The number of para-hydroxylation sites is 2. The summed E-state index contributed by atoms with van der Waals surface area (Å²) in [5.74, 6) is 1.36. The number of nitrogens with zero attached hydrogens (tertiary/aromatic N) is 4. The minimum Gasteiger partial charge on any atom is -0.341 e. The standard InChI is InChI=1S/C17H19N5OS/c1-12(17-20-14-5-3-4-6-15(14)21-17)24-11-16(23)22(2)10-13-9-18-7-8-19-13/h3-9,12H,10-11H2,1-2H3,(H,20,21)/t12-/m0/s1. The first-order valence-corrected chi connectivity index (χ1v) is 8.73. The number of amides is 1. The maximum atomic E-state index is 12.3.